The minimum atomic E-state index is -3.11. The van der Waals surface area contributed by atoms with E-state index in [1.54, 1.807) is 0 Å². The first-order valence-corrected chi connectivity index (χ1v) is 10.3. The topological polar surface area (TPSA) is 89.5 Å². The summed E-state index contributed by atoms with van der Waals surface area (Å²) in [4.78, 5) is 24.0. The van der Waals surface area contributed by atoms with Gasteiger partial charge in [-0.3, -0.25) is 4.79 Å². The van der Waals surface area contributed by atoms with Gasteiger partial charge in [-0.05, 0) is 24.6 Å². The first-order valence-electron chi connectivity index (χ1n) is 7.29. The summed E-state index contributed by atoms with van der Waals surface area (Å²) in [6, 6.07) is 3.50. The molecule has 1 N–H and O–H groups in total. The van der Waals surface area contributed by atoms with Crippen molar-refractivity contribution in [2.75, 3.05) is 18.1 Å². The Morgan fingerprint density at radius 3 is 2.84 bits per heavy atom. The molecule has 10 heteroatoms. The first kappa shape index (κ1) is 18.1. The van der Waals surface area contributed by atoms with Crippen molar-refractivity contribution in [1.82, 2.24) is 5.32 Å². The number of hydrogen-bond donors (Lipinski definition) is 1. The number of hydrogen-bond acceptors (Lipinski definition) is 6. The molecule has 0 bridgehead atoms. The second-order valence-electron chi connectivity index (χ2n) is 5.63. The fourth-order valence-corrected chi connectivity index (χ4v) is 5.65. The summed E-state index contributed by atoms with van der Waals surface area (Å²) in [5.74, 6) is -1.90. The van der Waals surface area contributed by atoms with Crippen LogP contribution >= 0.6 is 22.9 Å². The highest BCUT2D eigenvalue weighted by Crippen LogP contribution is 2.36. The van der Waals surface area contributed by atoms with E-state index in [1.165, 1.54) is 18.2 Å². The summed E-state index contributed by atoms with van der Waals surface area (Å²) >= 11 is 7.08. The smallest absolute Gasteiger partial charge is 0.350 e. The van der Waals surface area contributed by atoms with Gasteiger partial charge in [0.05, 0.1) is 16.5 Å². The third kappa shape index (κ3) is 4.10. The lowest BCUT2D eigenvalue weighted by atomic mass is 10.2. The Morgan fingerprint density at radius 1 is 1.40 bits per heavy atom. The standard InChI is InChI=1S/C15H13ClFNO5S2/c16-13-10-2-1-8(17)5-11(10)24-14(13)15(20)23-6-12(19)18-9-3-4-25(21,22)7-9/h1-2,5,9H,3-4,6-7H2,(H,18,19). The number of benzene rings is 1. The zero-order chi connectivity index (χ0) is 18.2. The number of sulfone groups is 1. The van der Waals surface area contributed by atoms with E-state index in [2.05, 4.69) is 5.32 Å². The van der Waals surface area contributed by atoms with Gasteiger partial charge in [0, 0.05) is 16.1 Å². The third-order valence-electron chi connectivity index (χ3n) is 3.71. The number of carbonyl (C=O) groups is 2. The summed E-state index contributed by atoms with van der Waals surface area (Å²) in [5.41, 5.74) is 0. The lowest BCUT2D eigenvalue weighted by molar-refractivity contribution is -0.124. The number of thiophene rings is 1. The molecule has 0 saturated carbocycles. The fraction of sp³-hybridized carbons (Fsp3) is 0.333. The Kier molecular flexibility index (Phi) is 4.99. The van der Waals surface area contributed by atoms with E-state index in [4.69, 9.17) is 16.3 Å². The molecule has 0 spiro atoms. The van der Waals surface area contributed by atoms with Gasteiger partial charge < -0.3 is 10.1 Å². The molecular formula is C15H13ClFNO5S2. The van der Waals surface area contributed by atoms with Crippen molar-refractivity contribution in [2.24, 2.45) is 0 Å². The predicted octanol–water partition coefficient (Wildman–Crippen LogP) is 2.15. The van der Waals surface area contributed by atoms with Gasteiger partial charge in [0.2, 0.25) is 0 Å². The number of esters is 1. The molecule has 2 heterocycles. The van der Waals surface area contributed by atoms with Crippen molar-refractivity contribution in [3.05, 3.63) is 33.9 Å². The van der Waals surface area contributed by atoms with E-state index in [9.17, 15) is 22.4 Å². The van der Waals surface area contributed by atoms with Crippen LogP contribution in [0, 0.1) is 5.82 Å². The van der Waals surface area contributed by atoms with Crippen molar-refractivity contribution < 1.29 is 27.1 Å². The zero-order valence-corrected chi connectivity index (χ0v) is 15.1. The molecule has 2 aromatic rings. The maximum atomic E-state index is 13.2. The van der Waals surface area contributed by atoms with E-state index in [0.29, 0.717) is 16.5 Å². The van der Waals surface area contributed by atoms with Crippen molar-refractivity contribution in [2.45, 2.75) is 12.5 Å². The Hall–Kier alpha value is -1.71. The predicted molar refractivity (Wildman–Crippen MR) is 92.3 cm³/mol. The maximum absolute atomic E-state index is 13.2. The second-order valence-corrected chi connectivity index (χ2v) is 9.29. The lowest BCUT2D eigenvalue weighted by Gasteiger charge is -2.10. The molecule has 1 aliphatic heterocycles. The first-order chi connectivity index (χ1) is 11.7. The molecule has 1 aromatic carbocycles. The SMILES string of the molecule is O=C(COC(=O)c1sc2cc(F)ccc2c1Cl)NC1CCS(=O)(=O)C1. The normalized spacial score (nSPS) is 19.0. The molecule has 25 heavy (non-hydrogen) atoms. The fourth-order valence-electron chi connectivity index (χ4n) is 2.55. The number of halogens is 2. The maximum Gasteiger partial charge on any atom is 0.350 e. The van der Waals surface area contributed by atoms with Crippen molar-refractivity contribution in [3.63, 3.8) is 0 Å². The summed E-state index contributed by atoms with van der Waals surface area (Å²) in [6.45, 7) is -0.547. The third-order valence-corrected chi connectivity index (χ3v) is 7.11. The Labute approximate surface area is 151 Å². The number of fused-ring (bicyclic) bond motifs is 1. The van der Waals surface area contributed by atoms with Crippen LogP contribution in [0.4, 0.5) is 4.39 Å². The highest BCUT2D eigenvalue weighted by Gasteiger charge is 2.29. The Bertz CT molecular complexity index is 956. The molecule has 1 atom stereocenters. The second kappa shape index (κ2) is 6.89. The van der Waals surface area contributed by atoms with Crippen LogP contribution < -0.4 is 5.32 Å². The van der Waals surface area contributed by atoms with E-state index in [0.717, 1.165) is 11.3 Å². The van der Waals surface area contributed by atoms with Crippen molar-refractivity contribution >= 4 is 54.7 Å². The van der Waals surface area contributed by atoms with Gasteiger partial charge in [-0.1, -0.05) is 11.6 Å². The molecule has 1 fully saturated rings. The summed E-state index contributed by atoms with van der Waals surface area (Å²) in [6.07, 6.45) is 0.343. The van der Waals surface area contributed by atoms with Crippen LogP contribution in [-0.2, 0) is 19.4 Å². The van der Waals surface area contributed by atoms with E-state index in [-0.39, 0.29) is 21.4 Å². The molecule has 0 radical (unpaired) electrons. The van der Waals surface area contributed by atoms with Crippen LogP contribution in [0.5, 0.6) is 0 Å². The minimum absolute atomic E-state index is 0.0334. The highest BCUT2D eigenvalue weighted by molar-refractivity contribution is 7.91. The van der Waals surface area contributed by atoms with Gasteiger partial charge in [-0.25, -0.2) is 17.6 Å². The monoisotopic (exact) mass is 405 g/mol. The van der Waals surface area contributed by atoms with Gasteiger partial charge in [0.1, 0.15) is 10.7 Å². The molecule has 1 unspecified atom stereocenters. The number of rotatable bonds is 4. The highest BCUT2D eigenvalue weighted by atomic mass is 35.5. The molecule has 1 saturated heterocycles. The molecule has 3 rings (SSSR count). The summed E-state index contributed by atoms with van der Waals surface area (Å²) in [7, 11) is -3.11. The lowest BCUT2D eigenvalue weighted by Crippen LogP contribution is -2.38. The van der Waals surface area contributed by atoms with Crippen LogP contribution in [0.1, 0.15) is 16.1 Å². The summed E-state index contributed by atoms with van der Waals surface area (Å²) < 4.78 is 41.3. The van der Waals surface area contributed by atoms with Crippen LogP contribution in [-0.4, -0.2) is 44.4 Å². The van der Waals surface area contributed by atoms with Crippen LogP contribution in [0.25, 0.3) is 10.1 Å². The molecule has 0 aliphatic carbocycles. The van der Waals surface area contributed by atoms with E-state index in [1.807, 2.05) is 0 Å². The van der Waals surface area contributed by atoms with Gasteiger partial charge in [-0.2, -0.15) is 0 Å². The van der Waals surface area contributed by atoms with Gasteiger partial charge >= 0.3 is 5.97 Å². The average molecular weight is 406 g/mol. The molecule has 1 amide bonds. The van der Waals surface area contributed by atoms with Crippen LogP contribution in [0.3, 0.4) is 0 Å². The average Bonchev–Trinajstić information content (AvgIpc) is 3.04. The number of amides is 1. The van der Waals surface area contributed by atoms with Gasteiger partial charge in [0.15, 0.2) is 16.4 Å². The van der Waals surface area contributed by atoms with Crippen LogP contribution in [0.2, 0.25) is 5.02 Å². The zero-order valence-electron chi connectivity index (χ0n) is 12.8. The number of carbonyl (C=O) groups excluding carboxylic acids is 2. The summed E-state index contributed by atoms with van der Waals surface area (Å²) in [5, 5.41) is 3.19. The van der Waals surface area contributed by atoms with Crippen LogP contribution in [0.15, 0.2) is 18.2 Å². The molecule has 134 valence electrons. The van der Waals surface area contributed by atoms with Gasteiger partial charge in [-0.15, -0.1) is 11.3 Å². The van der Waals surface area contributed by atoms with Gasteiger partial charge in [0.25, 0.3) is 5.91 Å². The number of ether oxygens (including phenoxy) is 1. The minimum Gasteiger partial charge on any atom is -0.451 e. The Morgan fingerprint density at radius 2 is 2.16 bits per heavy atom. The molecular weight excluding hydrogens is 393 g/mol. The molecule has 1 aliphatic rings. The Balaban J connectivity index is 1.61. The molecule has 6 nitrogen and oxygen atoms in total. The van der Waals surface area contributed by atoms with E-state index < -0.39 is 40.2 Å². The molecule has 1 aromatic heterocycles. The van der Waals surface area contributed by atoms with Crippen molar-refractivity contribution in [1.29, 1.82) is 0 Å². The van der Waals surface area contributed by atoms with E-state index >= 15 is 0 Å². The largest absolute Gasteiger partial charge is 0.451 e. The quantitative estimate of drug-likeness (QED) is 0.787. The number of nitrogens with one attached hydrogen (secondary N) is 1. The van der Waals surface area contributed by atoms with Crippen molar-refractivity contribution in [3.8, 4) is 0 Å².